The van der Waals surface area contributed by atoms with Gasteiger partial charge in [0, 0.05) is 22.6 Å². The average Bonchev–Trinajstić information content (AvgIpc) is 2.61. The second kappa shape index (κ2) is 10.9. The van der Waals surface area contributed by atoms with Gasteiger partial charge < -0.3 is 10.6 Å². The van der Waals surface area contributed by atoms with Gasteiger partial charge in [-0.05, 0) is 50.0 Å². The van der Waals surface area contributed by atoms with E-state index in [4.69, 9.17) is 28.9 Å². The summed E-state index contributed by atoms with van der Waals surface area (Å²) in [4.78, 5) is 2.49. The number of likely N-dealkylation sites (tertiary alicyclic amines) is 1. The maximum absolute atomic E-state index is 6.26. The third-order valence-electron chi connectivity index (χ3n) is 3.69. The molecule has 0 spiro atoms. The summed E-state index contributed by atoms with van der Waals surface area (Å²) in [6.45, 7) is 3.32. The highest BCUT2D eigenvalue weighted by Crippen LogP contribution is 2.22. The zero-order valence-electron chi connectivity index (χ0n) is 12.1. The van der Waals surface area contributed by atoms with E-state index >= 15 is 0 Å². The van der Waals surface area contributed by atoms with E-state index in [2.05, 4.69) is 4.90 Å². The lowest BCUT2D eigenvalue weighted by molar-refractivity contribution is 0.266. The van der Waals surface area contributed by atoms with E-state index in [-0.39, 0.29) is 30.9 Å². The molecule has 1 aliphatic rings. The molecule has 1 heterocycles. The fourth-order valence-corrected chi connectivity index (χ4v) is 3.17. The van der Waals surface area contributed by atoms with E-state index in [1.165, 1.54) is 38.8 Å². The number of nitrogens with zero attached hydrogens (tertiary/aromatic N) is 1. The van der Waals surface area contributed by atoms with Crippen LogP contribution in [-0.4, -0.2) is 30.6 Å². The number of hydrogen-bond acceptors (Lipinski definition) is 2. The fraction of sp³-hybridized carbons (Fsp3) is 0.600. The molecule has 0 radical (unpaired) electrons. The van der Waals surface area contributed by atoms with Gasteiger partial charge in [-0.15, -0.1) is 24.8 Å². The number of rotatable bonds is 4. The quantitative estimate of drug-likeness (QED) is 0.836. The van der Waals surface area contributed by atoms with Gasteiger partial charge in [0.25, 0.3) is 0 Å². The van der Waals surface area contributed by atoms with Crippen LogP contribution in [0, 0.1) is 0 Å². The van der Waals surface area contributed by atoms with Crippen molar-refractivity contribution < 1.29 is 0 Å². The number of halogens is 4. The van der Waals surface area contributed by atoms with Crippen LogP contribution in [0.1, 0.15) is 31.2 Å². The van der Waals surface area contributed by atoms with Crippen LogP contribution in [0.5, 0.6) is 0 Å². The summed E-state index contributed by atoms with van der Waals surface area (Å²) >= 11 is 12.1. The summed E-state index contributed by atoms with van der Waals surface area (Å²) in [7, 11) is 0. The molecule has 2 N–H and O–H groups in total. The van der Waals surface area contributed by atoms with E-state index in [0.717, 1.165) is 23.6 Å². The number of hydrogen-bond donors (Lipinski definition) is 1. The maximum atomic E-state index is 6.26. The lowest BCUT2D eigenvalue weighted by Gasteiger charge is -2.24. The Bertz CT molecular complexity index is 407. The first-order chi connectivity index (χ1) is 9.15. The minimum Gasteiger partial charge on any atom is -0.326 e. The highest BCUT2D eigenvalue weighted by Gasteiger charge is 2.14. The second-order valence-corrected chi connectivity index (χ2v) is 6.26. The van der Waals surface area contributed by atoms with Crippen molar-refractivity contribution in [1.29, 1.82) is 0 Å². The summed E-state index contributed by atoms with van der Waals surface area (Å²) in [5, 5.41) is 1.40. The van der Waals surface area contributed by atoms with E-state index in [0.29, 0.717) is 5.02 Å². The van der Waals surface area contributed by atoms with Gasteiger partial charge in [0.15, 0.2) is 0 Å². The van der Waals surface area contributed by atoms with Crippen molar-refractivity contribution in [3.05, 3.63) is 33.8 Å². The molecule has 21 heavy (non-hydrogen) atoms. The van der Waals surface area contributed by atoms with Gasteiger partial charge in [-0.25, -0.2) is 0 Å². The lowest BCUT2D eigenvalue weighted by Crippen LogP contribution is -2.39. The zero-order chi connectivity index (χ0) is 13.7. The Labute approximate surface area is 150 Å². The molecule has 2 nitrogen and oxygen atoms in total. The molecule has 1 atom stereocenters. The van der Waals surface area contributed by atoms with Crippen molar-refractivity contribution >= 4 is 48.0 Å². The third kappa shape index (κ3) is 7.40. The van der Waals surface area contributed by atoms with Crippen LogP contribution in [0.4, 0.5) is 0 Å². The first kappa shape index (κ1) is 21.3. The molecule has 122 valence electrons. The van der Waals surface area contributed by atoms with Gasteiger partial charge in [0.1, 0.15) is 0 Å². The molecule has 1 aromatic carbocycles. The average molecular weight is 374 g/mol. The van der Waals surface area contributed by atoms with Crippen molar-refractivity contribution in [3.8, 4) is 0 Å². The van der Waals surface area contributed by atoms with Crippen LogP contribution in [0.2, 0.25) is 10.0 Å². The Morgan fingerprint density at radius 3 is 2.24 bits per heavy atom. The van der Waals surface area contributed by atoms with Crippen molar-refractivity contribution in [2.45, 2.75) is 38.1 Å². The van der Waals surface area contributed by atoms with E-state index in [1.54, 1.807) is 6.07 Å². The highest BCUT2D eigenvalue weighted by molar-refractivity contribution is 6.35. The standard InChI is InChI=1S/C15H22Cl2N2.2ClH/c16-13-6-5-12(15(17)10-13)9-14(18)11-19-7-3-1-2-4-8-19;;/h5-6,10,14H,1-4,7-9,11,18H2;2*1H. The van der Waals surface area contributed by atoms with Crippen LogP contribution < -0.4 is 5.73 Å². The van der Waals surface area contributed by atoms with Gasteiger partial charge >= 0.3 is 0 Å². The molecule has 1 aromatic rings. The normalized spacial score (nSPS) is 17.3. The predicted octanol–water partition coefficient (Wildman–Crippen LogP) is 4.58. The van der Waals surface area contributed by atoms with E-state index < -0.39 is 0 Å². The minimum absolute atomic E-state index is 0. The van der Waals surface area contributed by atoms with E-state index in [9.17, 15) is 0 Å². The first-order valence-electron chi connectivity index (χ1n) is 7.07. The fourth-order valence-electron chi connectivity index (χ4n) is 2.68. The van der Waals surface area contributed by atoms with Crippen molar-refractivity contribution in [3.63, 3.8) is 0 Å². The zero-order valence-corrected chi connectivity index (χ0v) is 15.2. The van der Waals surface area contributed by atoms with Gasteiger partial charge in [0.2, 0.25) is 0 Å². The molecule has 0 aliphatic carbocycles. The molecular formula is C15H24Cl4N2. The van der Waals surface area contributed by atoms with Crippen molar-refractivity contribution in [2.24, 2.45) is 5.73 Å². The number of benzene rings is 1. The van der Waals surface area contributed by atoms with Crippen LogP contribution in [0.15, 0.2) is 18.2 Å². The largest absolute Gasteiger partial charge is 0.326 e. The Morgan fingerprint density at radius 2 is 1.67 bits per heavy atom. The molecule has 0 saturated carbocycles. The highest BCUT2D eigenvalue weighted by atomic mass is 35.5. The second-order valence-electron chi connectivity index (χ2n) is 5.41. The van der Waals surface area contributed by atoms with Gasteiger partial charge in [0.05, 0.1) is 0 Å². The van der Waals surface area contributed by atoms with Crippen molar-refractivity contribution in [2.75, 3.05) is 19.6 Å². The smallest absolute Gasteiger partial charge is 0.0453 e. The molecule has 0 aromatic heterocycles. The monoisotopic (exact) mass is 372 g/mol. The molecular weight excluding hydrogens is 350 g/mol. The molecule has 1 saturated heterocycles. The van der Waals surface area contributed by atoms with Crippen LogP contribution >= 0.6 is 48.0 Å². The summed E-state index contributed by atoms with van der Waals surface area (Å²) in [6.07, 6.45) is 6.12. The number of nitrogens with two attached hydrogens (primary N) is 1. The van der Waals surface area contributed by atoms with Gasteiger partial charge in [-0.1, -0.05) is 42.1 Å². The van der Waals surface area contributed by atoms with Crippen LogP contribution in [0.3, 0.4) is 0 Å². The Balaban J connectivity index is 0.00000200. The minimum atomic E-state index is 0. The molecule has 0 amide bonds. The van der Waals surface area contributed by atoms with Crippen molar-refractivity contribution in [1.82, 2.24) is 4.90 Å². The topological polar surface area (TPSA) is 29.3 Å². The molecule has 1 aliphatic heterocycles. The molecule has 6 heteroatoms. The molecule has 1 unspecified atom stereocenters. The Morgan fingerprint density at radius 1 is 1.05 bits per heavy atom. The molecule has 0 bridgehead atoms. The summed E-state index contributed by atoms with van der Waals surface area (Å²) in [5.74, 6) is 0. The Hall–Kier alpha value is 0.300. The summed E-state index contributed by atoms with van der Waals surface area (Å²) in [6, 6.07) is 5.78. The predicted molar refractivity (Wildman–Crippen MR) is 97.5 cm³/mol. The van der Waals surface area contributed by atoms with Gasteiger partial charge in [-0.3, -0.25) is 0 Å². The molecule has 2 rings (SSSR count). The summed E-state index contributed by atoms with van der Waals surface area (Å²) in [5.41, 5.74) is 7.35. The molecule has 1 fully saturated rings. The van der Waals surface area contributed by atoms with Crippen LogP contribution in [-0.2, 0) is 6.42 Å². The Kier molecular flexibility index (Phi) is 11.1. The first-order valence-corrected chi connectivity index (χ1v) is 7.82. The van der Waals surface area contributed by atoms with E-state index in [1.807, 2.05) is 12.1 Å². The SMILES string of the molecule is Cl.Cl.NC(Cc1ccc(Cl)cc1Cl)CN1CCCCCC1. The lowest BCUT2D eigenvalue weighted by atomic mass is 10.1. The van der Waals surface area contributed by atoms with Crippen LogP contribution in [0.25, 0.3) is 0 Å². The third-order valence-corrected chi connectivity index (χ3v) is 4.28. The van der Waals surface area contributed by atoms with Gasteiger partial charge in [-0.2, -0.15) is 0 Å². The maximum Gasteiger partial charge on any atom is 0.0453 e. The summed E-state index contributed by atoms with van der Waals surface area (Å²) < 4.78 is 0.